The van der Waals surface area contributed by atoms with Crippen molar-refractivity contribution in [1.82, 2.24) is 19.7 Å². The number of aromatic nitrogens is 4. The van der Waals surface area contributed by atoms with E-state index in [1.54, 1.807) is 0 Å². The molecule has 4 aromatic rings. The zero-order chi connectivity index (χ0) is 15.8. The third-order valence-electron chi connectivity index (χ3n) is 3.75. The van der Waals surface area contributed by atoms with Crippen molar-refractivity contribution < 1.29 is 4.52 Å². The fraction of sp³-hybridized carbons (Fsp3) is 0.118. The highest BCUT2D eigenvalue weighted by Crippen LogP contribution is 2.29. The van der Waals surface area contributed by atoms with Gasteiger partial charge >= 0.3 is 0 Å². The number of aryl methyl sites for hydroxylation is 1. The lowest BCUT2D eigenvalue weighted by molar-refractivity contribution is 0.432. The summed E-state index contributed by atoms with van der Waals surface area (Å²) in [6, 6.07) is 13.8. The first-order valence-electron chi connectivity index (χ1n) is 7.30. The number of rotatable bonds is 3. The van der Waals surface area contributed by atoms with Gasteiger partial charge in [0, 0.05) is 16.6 Å². The molecule has 114 valence electrons. The summed E-state index contributed by atoms with van der Waals surface area (Å²) >= 11 is 3.50. The summed E-state index contributed by atoms with van der Waals surface area (Å²) in [6.07, 6.45) is 1.84. The van der Waals surface area contributed by atoms with E-state index < -0.39 is 0 Å². The summed E-state index contributed by atoms with van der Waals surface area (Å²) in [7, 11) is 0. The number of halogens is 1. The second-order valence-electron chi connectivity index (χ2n) is 5.14. The summed E-state index contributed by atoms with van der Waals surface area (Å²) in [5, 5.41) is 4.10. The maximum Gasteiger partial charge on any atom is 0.259 e. The summed E-state index contributed by atoms with van der Waals surface area (Å²) in [4.78, 5) is 8.93. The lowest BCUT2D eigenvalue weighted by Gasteiger charge is -1.99. The molecule has 0 atom stereocenters. The van der Waals surface area contributed by atoms with Crippen molar-refractivity contribution in [3.8, 4) is 22.8 Å². The van der Waals surface area contributed by atoms with Crippen LogP contribution < -0.4 is 0 Å². The van der Waals surface area contributed by atoms with E-state index in [4.69, 9.17) is 4.52 Å². The Hall–Kier alpha value is -2.47. The average molecular weight is 369 g/mol. The molecule has 0 amide bonds. The zero-order valence-corrected chi connectivity index (χ0v) is 14.0. The number of imidazole rings is 1. The van der Waals surface area contributed by atoms with Gasteiger partial charge in [0.25, 0.3) is 5.89 Å². The minimum atomic E-state index is 0.492. The number of hydrogen-bond donors (Lipinski definition) is 0. The van der Waals surface area contributed by atoms with Gasteiger partial charge in [-0.3, -0.25) is 0 Å². The zero-order valence-electron chi connectivity index (χ0n) is 12.4. The maximum atomic E-state index is 5.41. The summed E-state index contributed by atoms with van der Waals surface area (Å²) < 4.78 is 8.43. The van der Waals surface area contributed by atoms with Crippen LogP contribution in [0.1, 0.15) is 6.92 Å². The van der Waals surface area contributed by atoms with Gasteiger partial charge in [0.05, 0.1) is 22.9 Å². The molecule has 0 unspecified atom stereocenters. The predicted molar refractivity (Wildman–Crippen MR) is 91.8 cm³/mol. The van der Waals surface area contributed by atoms with Crippen LogP contribution in [-0.4, -0.2) is 19.7 Å². The third-order valence-corrected chi connectivity index (χ3v) is 4.44. The monoisotopic (exact) mass is 368 g/mol. The molecule has 2 heterocycles. The minimum Gasteiger partial charge on any atom is -0.334 e. The molecular weight excluding hydrogens is 356 g/mol. The second kappa shape index (κ2) is 5.62. The Kier molecular flexibility index (Phi) is 3.46. The van der Waals surface area contributed by atoms with Crippen molar-refractivity contribution in [3.05, 3.63) is 53.3 Å². The van der Waals surface area contributed by atoms with Gasteiger partial charge < -0.3 is 9.09 Å². The predicted octanol–water partition coefficient (Wildman–Crippen LogP) is 4.54. The molecule has 0 N–H and O–H groups in total. The molecule has 0 aliphatic rings. The largest absolute Gasteiger partial charge is 0.334 e. The van der Waals surface area contributed by atoms with E-state index >= 15 is 0 Å². The van der Waals surface area contributed by atoms with Crippen LogP contribution in [-0.2, 0) is 6.54 Å². The fourth-order valence-electron chi connectivity index (χ4n) is 2.54. The normalized spacial score (nSPS) is 11.2. The molecule has 0 aliphatic carbocycles. The van der Waals surface area contributed by atoms with Crippen LogP contribution in [0.2, 0.25) is 0 Å². The molecular formula is C17H13BrN4O. The molecule has 23 heavy (non-hydrogen) atoms. The van der Waals surface area contributed by atoms with Crippen molar-refractivity contribution in [2.75, 3.05) is 0 Å². The van der Waals surface area contributed by atoms with Gasteiger partial charge in [-0.15, -0.1) is 0 Å². The highest BCUT2D eigenvalue weighted by atomic mass is 79.9. The van der Waals surface area contributed by atoms with Crippen LogP contribution in [0.4, 0.5) is 0 Å². The molecule has 0 radical (unpaired) electrons. The lowest BCUT2D eigenvalue weighted by Crippen LogP contribution is -1.90. The molecule has 0 saturated carbocycles. The fourth-order valence-corrected chi connectivity index (χ4v) is 2.99. The minimum absolute atomic E-state index is 0.492. The quantitative estimate of drug-likeness (QED) is 0.532. The van der Waals surface area contributed by atoms with E-state index in [1.807, 2.05) is 48.8 Å². The van der Waals surface area contributed by atoms with Gasteiger partial charge in [0.15, 0.2) is 0 Å². The Balaban J connectivity index is 1.76. The Morgan fingerprint density at radius 3 is 2.87 bits per heavy atom. The van der Waals surface area contributed by atoms with E-state index in [1.165, 1.54) is 0 Å². The highest BCUT2D eigenvalue weighted by Gasteiger charge is 2.13. The number of nitrogens with zero attached hydrogens (tertiary/aromatic N) is 4. The molecule has 0 fully saturated rings. The van der Waals surface area contributed by atoms with Gasteiger partial charge in [-0.05, 0) is 53.2 Å². The maximum absolute atomic E-state index is 5.41. The van der Waals surface area contributed by atoms with Crippen LogP contribution in [0.5, 0.6) is 0 Å². The number of fused-ring (bicyclic) bond motifs is 1. The smallest absolute Gasteiger partial charge is 0.259 e. The third kappa shape index (κ3) is 2.45. The van der Waals surface area contributed by atoms with E-state index in [9.17, 15) is 0 Å². The van der Waals surface area contributed by atoms with Crippen molar-refractivity contribution in [3.63, 3.8) is 0 Å². The van der Waals surface area contributed by atoms with Gasteiger partial charge in [-0.25, -0.2) is 4.98 Å². The van der Waals surface area contributed by atoms with Crippen molar-refractivity contribution >= 4 is 27.0 Å². The first-order chi connectivity index (χ1) is 11.3. The van der Waals surface area contributed by atoms with E-state index in [0.29, 0.717) is 11.7 Å². The standard InChI is InChI=1S/C17H13BrN4O/c1-2-22-10-19-14-9-11(7-8-15(14)22)16-20-17(23-21-16)12-5-3-4-6-13(12)18/h3-10H,2H2,1H3. The Bertz CT molecular complexity index is 989. The first-order valence-corrected chi connectivity index (χ1v) is 8.09. The van der Waals surface area contributed by atoms with E-state index in [-0.39, 0.29) is 0 Å². The lowest BCUT2D eigenvalue weighted by atomic mass is 10.2. The summed E-state index contributed by atoms with van der Waals surface area (Å²) in [6.45, 7) is 2.99. The van der Waals surface area contributed by atoms with Gasteiger partial charge in [-0.1, -0.05) is 17.3 Å². The van der Waals surface area contributed by atoms with E-state index in [0.717, 1.165) is 33.2 Å². The molecule has 6 heteroatoms. The molecule has 4 rings (SSSR count). The number of benzene rings is 2. The van der Waals surface area contributed by atoms with Crippen LogP contribution in [0.3, 0.4) is 0 Å². The molecule has 2 aromatic carbocycles. The molecule has 0 saturated heterocycles. The van der Waals surface area contributed by atoms with Crippen LogP contribution in [0.25, 0.3) is 33.9 Å². The van der Waals surface area contributed by atoms with Crippen molar-refractivity contribution in [1.29, 1.82) is 0 Å². The topological polar surface area (TPSA) is 56.7 Å². The average Bonchev–Trinajstić information content (AvgIpc) is 3.21. The Morgan fingerprint density at radius 2 is 2.04 bits per heavy atom. The van der Waals surface area contributed by atoms with Crippen LogP contribution in [0, 0.1) is 0 Å². The Morgan fingerprint density at radius 1 is 1.17 bits per heavy atom. The molecule has 0 bridgehead atoms. The van der Waals surface area contributed by atoms with Crippen molar-refractivity contribution in [2.45, 2.75) is 13.5 Å². The molecule has 0 spiro atoms. The molecule has 5 nitrogen and oxygen atoms in total. The van der Waals surface area contributed by atoms with E-state index in [2.05, 4.69) is 42.5 Å². The number of hydrogen-bond acceptors (Lipinski definition) is 4. The van der Waals surface area contributed by atoms with Gasteiger partial charge in [0.2, 0.25) is 5.82 Å². The Labute approximate surface area is 141 Å². The van der Waals surface area contributed by atoms with Gasteiger partial charge in [-0.2, -0.15) is 4.98 Å². The summed E-state index contributed by atoms with van der Waals surface area (Å²) in [5.41, 5.74) is 3.80. The van der Waals surface area contributed by atoms with Gasteiger partial charge in [0.1, 0.15) is 0 Å². The van der Waals surface area contributed by atoms with Crippen molar-refractivity contribution in [2.24, 2.45) is 0 Å². The second-order valence-corrected chi connectivity index (χ2v) is 5.99. The van der Waals surface area contributed by atoms with Crippen LogP contribution in [0.15, 0.2) is 57.8 Å². The molecule has 2 aromatic heterocycles. The highest BCUT2D eigenvalue weighted by molar-refractivity contribution is 9.10. The summed E-state index contributed by atoms with van der Waals surface area (Å²) in [5.74, 6) is 1.05. The molecule has 0 aliphatic heterocycles. The SMILES string of the molecule is CCn1cnc2cc(-c3noc(-c4ccccc4Br)n3)ccc21. The van der Waals surface area contributed by atoms with Crippen LogP contribution >= 0.6 is 15.9 Å². The first kappa shape index (κ1) is 14.1.